The van der Waals surface area contributed by atoms with Crippen molar-refractivity contribution in [2.24, 2.45) is 0 Å². The first-order chi connectivity index (χ1) is 10.7. The van der Waals surface area contributed by atoms with Crippen molar-refractivity contribution in [2.75, 3.05) is 39.4 Å². The molecule has 2 N–H and O–H groups in total. The largest absolute Gasteiger partial charge is 0.476 e. The standard InChI is InChI=1S/C15H20N4O3/c20-15(21)13-11-19-3-1-12(9-14(19)17-13)10-16-2-4-18-5-7-22-8-6-18/h1,3,9,11,16H,2,4-8,10H2,(H,20,21). The molecule has 7 heteroatoms. The Morgan fingerprint density at radius 1 is 1.41 bits per heavy atom. The predicted octanol–water partition coefficient (Wildman–Crippen LogP) is 0.454. The van der Waals surface area contributed by atoms with E-state index in [4.69, 9.17) is 9.84 Å². The number of morpholine rings is 1. The minimum atomic E-state index is -1.01. The van der Waals surface area contributed by atoms with Crippen LogP contribution in [0.15, 0.2) is 24.5 Å². The zero-order chi connectivity index (χ0) is 15.4. The molecule has 0 spiro atoms. The van der Waals surface area contributed by atoms with Gasteiger partial charge in [-0.25, -0.2) is 9.78 Å². The number of imidazole rings is 1. The summed E-state index contributed by atoms with van der Waals surface area (Å²) in [6, 6.07) is 3.89. The molecule has 1 aliphatic heterocycles. The fraction of sp³-hybridized carbons (Fsp3) is 0.467. The number of rotatable bonds is 6. The molecular formula is C15H20N4O3. The van der Waals surface area contributed by atoms with Gasteiger partial charge in [0.2, 0.25) is 0 Å². The van der Waals surface area contributed by atoms with Crippen LogP contribution in [0.4, 0.5) is 0 Å². The maximum Gasteiger partial charge on any atom is 0.356 e. The summed E-state index contributed by atoms with van der Waals surface area (Å²) in [5.74, 6) is -1.01. The van der Waals surface area contributed by atoms with E-state index in [1.165, 1.54) is 6.20 Å². The van der Waals surface area contributed by atoms with Crippen molar-refractivity contribution in [1.29, 1.82) is 0 Å². The van der Waals surface area contributed by atoms with E-state index in [2.05, 4.69) is 15.2 Å². The summed E-state index contributed by atoms with van der Waals surface area (Å²) in [5, 5.41) is 12.4. The lowest BCUT2D eigenvalue weighted by Gasteiger charge is -2.26. The maximum absolute atomic E-state index is 10.9. The molecular weight excluding hydrogens is 284 g/mol. The summed E-state index contributed by atoms with van der Waals surface area (Å²) < 4.78 is 7.04. The zero-order valence-corrected chi connectivity index (χ0v) is 12.4. The highest BCUT2D eigenvalue weighted by atomic mass is 16.5. The van der Waals surface area contributed by atoms with Gasteiger partial charge in [0.1, 0.15) is 5.65 Å². The van der Waals surface area contributed by atoms with Crippen molar-refractivity contribution in [3.05, 3.63) is 35.8 Å². The average Bonchev–Trinajstić information content (AvgIpc) is 2.96. The minimum Gasteiger partial charge on any atom is -0.476 e. The van der Waals surface area contributed by atoms with Crippen LogP contribution in [0.25, 0.3) is 5.65 Å². The van der Waals surface area contributed by atoms with E-state index in [0.29, 0.717) is 5.65 Å². The molecule has 2 aromatic rings. The molecule has 7 nitrogen and oxygen atoms in total. The number of aromatic nitrogens is 2. The second-order valence-electron chi connectivity index (χ2n) is 5.36. The Balaban J connectivity index is 1.51. The number of carboxylic acid groups (broad SMARTS) is 1. The summed E-state index contributed by atoms with van der Waals surface area (Å²) in [7, 11) is 0. The normalized spacial score (nSPS) is 16.2. The molecule has 1 aliphatic rings. The van der Waals surface area contributed by atoms with Crippen LogP contribution in [-0.4, -0.2) is 64.8 Å². The Morgan fingerprint density at radius 2 is 2.23 bits per heavy atom. The van der Waals surface area contributed by atoms with Gasteiger partial charge in [0.05, 0.1) is 13.2 Å². The van der Waals surface area contributed by atoms with Crippen LogP contribution >= 0.6 is 0 Å². The molecule has 0 unspecified atom stereocenters. The van der Waals surface area contributed by atoms with Crippen molar-refractivity contribution in [2.45, 2.75) is 6.54 Å². The lowest BCUT2D eigenvalue weighted by atomic mass is 10.2. The third-order valence-corrected chi connectivity index (χ3v) is 3.78. The van der Waals surface area contributed by atoms with E-state index >= 15 is 0 Å². The summed E-state index contributed by atoms with van der Waals surface area (Å²) in [4.78, 5) is 17.4. The zero-order valence-electron chi connectivity index (χ0n) is 12.4. The van der Waals surface area contributed by atoms with E-state index in [9.17, 15) is 4.79 Å². The first-order valence-electron chi connectivity index (χ1n) is 7.44. The molecule has 0 amide bonds. The maximum atomic E-state index is 10.9. The predicted molar refractivity (Wildman–Crippen MR) is 81.1 cm³/mol. The number of hydrogen-bond donors (Lipinski definition) is 2. The van der Waals surface area contributed by atoms with Crippen LogP contribution in [-0.2, 0) is 11.3 Å². The molecule has 0 radical (unpaired) electrons. The Morgan fingerprint density at radius 3 is 3.00 bits per heavy atom. The SMILES string of the molecule is O=C(O)c1cn2ccc(CNCCN3CCOCC3)cc2n1. The van der Waals surface area contributed by atoms with Crippen LogP contribution < -0.4 is 5.32 Å². The Kier molecular flexibility index (Phi) is 4.67. The van der Waals surface area contributed by atoms with Gasteiger partial charge in [-0.1, -0.05) is 0 Å². The molecule has 0 aromatic carbocycles. The van der Waals surface area contributed by atoms with Crippen molar-refractivity contribution in [1.82, 2.24) is 19.6 Å². The molecule has 118 valence electrons. The van der Waals surface area contributed by atoms with Crippen molar-refractivity contribution < 1.29 is 14.6 Å². The van der Waals surface area contributed by atoms with Gasteiger partial charge in [-0.2, -0.15) is 0 Å². The van der Waals surface area contributed by atoms with Gasteiger partial charge >= 0.3 is 5.97 Å². The van der Waals surface area contributed by atoms with Gasteiger partial charge in [0.15, 0.2) is 5.69 Å². The molecule has 3 heterocycles. The topological polar surface area (TPSA) is 79.1 Å². The third-order valence-electron chi connectivity index (χ3n) is 3.78. The quantitative estimate of drug-likeness (QED) is 0.755. The summed E-state index contributed by atoms with van der Waals surface area (Å²) in [5.41, 5.74) is 1.82. The second-order valence-corrected chi connectivity index (χ2v) is 5.36. The number of fused-ring (bicyclic) bond motifs is 1. The summed E-state index contributed by atoms with van der Waals surface area (Å²) in [6.07, 6.45) is 3.36. The number of nitrogens with zero attached hydrogens (tertiary/aromatic N) is 3. The smallest absolute Gasteiger partial charge is 0.356 e. The lowest BCUT2D eigenvalue weighted by molar-refractivity contribution is 0.0384. The number of ether oxygens (including phenoxy) is 1. The molecule has 1 fully saturated rings. The highest BCUT2D eigenvalue weighted by molar-refractivity contribution is 5.86. The van der Waals surface area contributed by atoms with E-state index in [0.717, 1.165) is 51.5 Å². The molecule has 2 aromatic heterocycles. The Hall–Kier alpha value is -1.96. The van der Waals surface area contributed by atoms with Crippen LogP contribution in [0.3, 0.4) is 0 Å². The molecule has 3 rings (SSSR count). The van der Waals surface area contributed by atoms with Crippen LogP contribution in [0.2, 0.25) is 0 Å². The van der Waals surface area contributed by atoms with Gasteiger partial charge in [-0.05, 0) is 17.7 Å². The molecule has 22 heavy (non-hydrogen) atoms. The molecule has 0 saturated carbocycles. The van der Waals surface area contributed by atoms with E-state index in [1.807, 2.05) is 18.3 Å². The number of aromatic carboxylic acids is 1. The van der Waals surface area contributed by atoms with Crippen molar-refractivity contribution in [3.63, 3.8) is 0 Å². The first-order valence-corrected chi connectivity index (χ1v) is 7.44. The second kappa shape index (κ2) is 6.87. The number of nitrogens with one attached hydrogen (secondary N) is 1. The Labute approximate surface area is 128 Å². The van der Waals surface area contributed by atoms with E-state index in [1.54, 1.807) is 4.40 Å². The fourth-order valence-corrected chi connectivity index (χ4v) is 2.53. The van der Waals surface area contributed by atoms with Crippen LogP contribution in [0, 0.1) is 0 Å². The molecule has 0 bridgehead atoms. The monoisotopic (exact) mass is 304 g/mol. The highest BCUT2D eigenvalue weighted by Crippen LogP contribution is 2.08. The number of pyridine rings is 1. The van der Waals surface area contributed by atoms with Crippen molar-refractivity contribution in [3.8, 4) is 0 Å². The average molecular weight is 304 g/mol. The first kappa shape index (κ1) is 15.0. The van der Waals surface area contributed by atoms with Crippen molar-refractivity contribution >= 4 is 11.6 Å². The lowest BCUT2D eigenvalue weighted by Crippen LogP contribution is -2.40. The van der Waals surface area contributed by atoms with Crippen LogP contribution in [0.5, 0.6) is 0 Å². The van der Waals surface area contributed by atoms with Gasteiger partial charge in [-0.15, -0.1) is 0 Å². The number of hydrogen-bond acceptors (Lipinski definition) is 5. The fourth-order valence-electron chi connectivity index (χ4n) is 2.53. The van der Waals surface area contributed by atoms with Gasteiger partial charge in [0, 0.05) is 45.1 Å². The van der Waals surface area contributed by atoms with Gasteiger partial charge in [0.25, 0.3) is 0 Å². The summed E-state index contributed by atoms with van der Waals surface area (Å²) in [6.45, 7) is 6.32. The minimum absolute atomic E-state index is 0.0671. The number of carbonyl (C=O) groups is 1. The Bertz CT molecular complexity index is 649. The van der Waals surface area contributed by atoms with E-state index in [-0.39, 0.29) is 5.69 Å². The van der Waals surface area contributed by atoms with Gasteiger partial charge < -0.3 is 19.6 Å². The van der Waals surface area contributed by atoms with Gasteiger partial charge in [-0.3, -0.25) is 4.90 Å². The van der Waals surface area contributed by atoms with Crippen LogP contribution in [0.1, 0.15) is 16.1 Å². The highest BCUT2D eigenvalue weighted by Gasteiger charge is 2.10. The third kappa shape index (κ3) is 3.62. The molecule has 0 atom stereocenters. The summed E-state index contributed by atoms with van der Waals surface area (Å²) >= 11 is 0. The van der Waals surface area contributed by atoms with E-state index < -0.39 is 5.97 Å². The number of carboxylic acids is 1. The molecule has 0 aliphatic carbocycles. The molecule has 1 saturated heterocycles.